The number of rotatable bonds is 2. The van der Waals surface area contributed by atoms with Crippen LogP contribution in [0.4, 0.5) is 0 Å². The third kappa shape index (κ3) is 4.04. The highest BCUT2D eigenvalue weighted by Gasteiger charge is 1.98. The molecule has 2 aromatic rings. The van der Waals surface area contributed by atoms with Gasteiger partial charge in [0.2, 0.25) is 0 Å². The molecule has 1 heterocycles. The summed E-state index contributed by atoms with van der Waals surface area (Å²) in [5.74, 6) is 0. The van der Waals surface area contributed by atoms with E-state index in [9.17, 15) is 4.79 Å². The summed E-state index contributed by atoms with van der Waals surface area (Å²) in [5.41, 5.74) is 1.33. The Morgan fingerprint density at radius 3 is 2.41 bits per heavy atom. The smallest absolute Gasteiger partial charge is 0.336 e. The highest BCUT2D eigenvalue weighted by molar-refractivity contribution is 5.79. The third-order valence-corrected chi connectivity index (χ3v) is 2.36. The van der Waals surface area contributed by atoms with E-state index in [1.165, 1.54) is 6.07 Å². The fraction of sp³-hybridized carbons (Fsp3) is 0.357. The van der Waals surface area contributed by atoms with Gasteiger partial charge in [-0.2, -0.15) is 0 Å². The maximum atomic E-state index is 10.9. The first-order chi connectivity index (χ1) is 8.19. The van der Waals surface area contributed by atoms with Crippen LogP contribution in [0.5, 0.6) is 0 Å². The Kier molecular flexibility index (Phi) is 5.43. The van der Waals surface area contributed by atoms with Crippen LogP contribution >= 0.6 is 0 Å². The number of hydrogen-bond acceptors (Lipinski definition) is 3. The van der Waals surface area contributed by atoms with Gasteiger partial charge >= 0.3 is 5.63 Å². The van der Waals surface area contributed by atoms with Crippen LogP contribution in [0.25, 0.3) is 11.0 Å². The first-order valence-electron chi connectivity index (χ1n) is 5.89. The summed E-state index contributed by atoms with van der Waals surface area (Å²) in [6.45, 7) is 8.29. The first-order valence-corrected chi connectivity index (χ1v) is 5.89. The largest absolute Gasteiger partial charge is 0.423 e. The predicted molar refractivity (Wildman–Crippen MR) is 71.4 cm³/mol. The summed E-state index contributed by atoms with van der Waals surface area (Å²) in [7, 11) is 0. The summed E-state index contributed by atoms with van der Waals surface area (Å²) in [4.78, 5) is 10.9. The van der Waals surface area contributed by atoms with Crippen molar-refractivity contribution in [3.63, 3.8) is 0 Å². The summed E-state index contributed by atoms with van der Waals surface area (Å²) in [6, 6.07) is 9.01. The highest BCUT2D eigenvalue weighted by atomic mass is 16.4. The van der Waals surface area contributed by atoms with Gasteiger partial charge in [-0.3, -0.25) is 0 Å². The molecule has 3 nitrogen and oxygen atoms in total. The lowest BCUT2D eigenvalue weighted by molar-refractivity contribution is 0.560. The van der Waals surface area contributed by atoms with E-state index in [4.69, 9.17) is 4.42 Å². The van der Waals surface area contributed by atoms with Gasteiger partial charge in [0.15, 0.2) is 0 Å². The highest BCUT2D eigenvalue weighted by Crippen LogP contribution is 2.14. The van der Waals surface area contributed by atoms with E-state index >= 15 is 0 Å². The predicted octanol–water partition coefficient (Wildman–Crippen LogP) is 2.72. The van der Waals surface area contributed by atoms with Gasteiger partial charge in [-0.05, 0) is 31.6 Å². The Bertz CT molecular complexity index is 515. The minimum Gasteiger partial charge on any atom is -0.423 e. The number of hydrogen-bond donors (Lipinski definition) is 1. The minimum atomic E-state index is -0.286. The van der Waals surface area contributed by atoms with Gasteiger partial charge < -0.3 is 9.73 Å². The molecule has 0 saturated carbocycles. The van der Waals surface area contributed by atoms with Crippen molar-refractivity contribution in [3.8, 4) is 0 Å². The topological polar surface area (TPSA) is 42.2 Å². The lowest BCUT2D eigenvalue weighted by Gasteiger charge is -1.97. The van der Waals surface area contributed by atoms with Crippen molar-refractivity contribution in [2.24, 2.45) is 0 Å². The van der Waals surface area contributed by atoms with Crippen LogP contribution in [-0.2, 0) is 0 Å². The second-order valence-corrected chi connectivity index (χ2v) is 3.70. The van der Waals surface area contributed by atoms with Crippen LogP contribution in [0.2, 0.25) is 0 Å². The zero-order valence-electron chi connectivity index (χ0n) is 10.6. The number of benzene rings is 1. The van der Waals surface area contributed by atoms with E-state index in [0.29, 0.717) is 5.58 Å². The van der Waals surface area contributed by atoms with Gasteiger partial charge in [-0.25, -0.2) is 4.79 Å². The fourth-order valence-electron chi connectivity index (χ4n) is 1.52. The van der Waals surface area contributed by atoms with Gasteiger partial charge in [0.1, 0.15) is 5.58 Å². The monoisotopic (exact) mass is 233 g/mol. The van der Waals surface area contributed by atoms with Crippen molar-refractivity contribution in [1.82, 2.24) is 5.32 Å². The molecule has 0 aliphatic heterocycles. The minimum absolute atomic E-state index is 0.286. The van der Waals surface area contributed by atoms with E-state index in [0.717, 1.165) is 24.0 Å². The molecule has 0 spiro atoms. The van der Waals surface area contributed by atoms with Crippen molar-refractivity contribution in [2.45, 2.75) is 20.8 Å². The molecule has 0 amide bonds. The van der Waals surface area contributed by atoms with Crippen molar-refractivity contribution < 1.29 is 4.42 Å². The van der Waals surface area contributed by atoms with E-state index in [2.05, 4.69) is 19.2 Å². The van der Waals surface area contributed by atoms with E-state index in [-0.39, 0.29) is 5.63 Å². The summed E-state index contributed by atoms with van der Waals surface area (Å²) in [6.07, 6.45) is 0. The Balaban J connectivity index is 0.000000249. The van der Waals surface area contributed by atoms with E-state index in [1.807, 2.05) is 25.1 Å². The molecule has 0 aliphatic carbocycles. The van der Waals surface area contributed by atoms with Crippen LogP contribution in [0.15, 0.2) is 39.5 Å². The van der Waals surface area contributed by atoms with Crippen LogP contribution in [-0.4, -0.2) is 13.1 Å². The molecule has 0 fully saturated rings. The summed E-state index contributed by atoms with van der Waals surface area (Å²) >= 11 is 0. The van der Waals surface area contributed by atoms with Gasteiger partial charge in [0.05, 0.1) is 0 Å². The number of para-hydroxylation sites is 1. The van der Waals surface area contributed by atoms with Crippen LogP contribution in [0, 0.1) is 6.92 Å². The lowest BCUT2D eigenvalue weighted by Crippen LogP contribution is -2.09. The van der Waals surface area contributed by atoms with E-state index < -0.39 is 0 Å². The van der Waals surface area contributed by atoms with Gasteiger partial charge in [-0.1, -0.05) is 32.0 Å². The van der Waals surface area contributed by atoms with Crippen molar-refractivity contribution in [2.75, 3.05) is 13.1 Å². The van der Waals surface area contributed by atoms with Crippen molar-refractivity contribution >= 4 is 11.0 Å². The molecule has 17 heavy (non-hydrogen) atoms. The normalized spacial score (nSPS) is 9.82. The summed E-state index contributed by atoms with van der Waals surface area (Å²) in [5, 5.41) is 4.11. The van der Waals surface area contributed by atoms with Crippen molar-refractivity contribution in [3.05, 3.63) is 46.3 Å². The molecule has 92 valence electrons. The van der Waals surface area contributed by atoms with Crippen LogP contribution < -0.4 is 10.9 Å². The Hall–Kier alpha value is -1.61. The molecular weight excluding hydrogens is 214 g/mol. The maximum Gasteiger partial charge on any atom is 0.336 e. The maximum absolute atomic E-state index is 10.9. The van der Waals surface area contributed by atoms with Crippen LogP contribution in [0.1, 0.15) is 19.4 Å². The number of fused-ring (bicyclic) bond motifs is 1. The molecule has 0 bridgehead atoms. The lowest BCUT2D eigenvalue weighted by atomic mass is 10.1. The molecule has 0 atom stereocenters. The van der Waals surface area contributed by atoms with Gasteiger partial charge in [0, 0.05) is 11.5 Å². The number of aryl methyl sites for hydroxylation is 1. The zero-order valence-corrected chi connectivity index (χ0v) is 10.6. The van der Waals surface area contributed by atoms with E-state index in [1.54, 1.807) is 6.07 Å². The quantitative estimate of drug-likeness (QED) is 0.811. The molecule has 1 aromatic carbocycles. The molecule has 3 heteroatoms. The molecule has 0 aliphatic rings. The molecule has 0 unspecified atom stereocenters. The van der Waals surface area contributed by atoms with Crippen LogP contribution in [0.3, 0.4) is 0 Å². The van der Waals surface area contributed by atoms with Crippen molar-refractivity contribution in [1.29, 1.82) is 0 Å². The molecule has 2 rings (SSSR count). The second kappa shape index (κ2) is 6.86. The Morgan fingerprint density at radius 2 is 1.82 bits per heavy atom. The SMILES string of the molecule is CCNCC.Cc1cc(=O)oc2ccccc12. The standard InChI is InChI=1S/C10H8O2.C4H11N/c1-7-6-10(11)12-9-5-3-2-4-8(7)9;1-3-5-4-2/h2-6H,1H3;5H,3-4H2,1-2H3. The molecule has 0 saturated heterocycles. The van der Waals surface area contributed by atoms with Gasteiger partial charge in [0.25, 0.3) is 0 Å². The summed E-state index contributed by atoms with van der Waals surface area (Å²) < 4.78 is 4.99. The molecule has 0 radical (unpaired) electrons. The molecule has 1 aromatic heterocycles. The second-order valence-electron chi connectivity index (χ2n) is 3.70. The number of nitrogens with one attached hydrogen (secondary N) is 1. The fourth-order valence-corrected chi connectivity index (χ4v) is 1.52. The molecular formula is C14H19NO2. The third-order valence-electron chi connectivity index (χ3n) is 2.36. The first kappa shape index (κ1) is 13.5. The average molecular weight is 233 g/mol. The Labute approximate surface area is 101 Å². The molecule has 1 N–H and O–H groups in total. The zero-order chi connectivity index (χ0) is 12.7. The van der Waals surface area contributed by atoms with Gasteiger partial charge in [-0.15, -0.1) is 0 Å². The Morgan fingerprint density at radius 1 is 1.18 bits per heavy atom. The average Bonchev–Trinajstić information content (AvgIpc) is 2.30.